The van der Waals surface area contributed by atoms with Crippen molar-refractivity contribution in [3.05, 3.63) is 0 Å². The number of amides is 1. The number of likely N-dealkylation sites (N-methyl/N-ethyl adjacent to an activating group) is 1. The van der Waals surface area contributed by atoms with Crippen molar-refractivity contribution in [3.8, 4) is 0 Å². The molecule has 0 spiro atoms. The molecule has 2 unspecified atom stereocenters. The van der Waals surface area contributed by atoms with Crippen molar-refractivity contribution in [1.82, 2.24) is 14.7 Å². The number of nitrogens with zero attached hydrogens (tertiary/aromatic N) is 3. The van der Waals surface area contributed by atoms with Gasteiger partial charge in [-0.3, -0.25) is 14.5 Å². The first-order valence-electron chi connectivity index (χ1n) is 7.95. The fourth-order valence-corrected chi connectivity index (χ4v) is 3.23. The third kappa shape index (κ3) is 3.95. The Labute approximate surface area is 126 Å². The number of hydrogen-bond acceptors (Lipinski definition) is 4. The largest absolute Gasteiger partial charge is 0.481 e. The van der Waals surface area contributed by atoms with Crippen LogP contribution in [0, 0.1) is 5.92 Å². The Morgan fingerprint density at radius 1 is 0.952 bits per heavy atom. The molecule has 2 heterocycles. The third-order valence-electron chi connectivity index (χ3n) is 4.72. The molecule has 2 aliphatic rings. The molecule has 120 valence electrons. The van der Waals surface area contributed by atoms with Crippen LogP contribution in [0.1, 0.15) is 26.2 Å². The van der Waals surface area contributed by atoms with E-state index in [4.69, 9.17) is 0 Å². The number of aliphatic carboxylic acids is 1. The maximum absolute atomic E-state index is 12.9. The fourth-order valence-electron chi connectivity index (χ4n) is 3.23. The van der Waals surface area contributed by atoms with Crippen molar-refractivity contribution >= 4 is 11.9 Å². The summed E-state index contributed by atoms with van der Waals surface area (Å²) < 4.78 is 0. The minimum atomic E-state index is -0.881. The number of carbonyl (C=O) groups excluding carboxylic acids is 1. The Kier molecular flexibility index (Phi) is 5.58. The lowest BCUT2D eigenvalue weighted by molar-refractivity contribution is -0.152. The maximum atomic E-state index is 12.9. The predicted octanol–water partition coefficient (Wildman–Crippen LogP) is 0.336. The summed E-state index contributed by atoms with van der Waals surface area (Å²) in [5.41, 5.74) is 0. The highest BCUT2D eigenvalue weighted by Gasteiger charge is 2.38. The van der Waals surface area contributed by atoms with E-state index in [2.05, 4.69) is 9.80 Å². The van der Waals surface area contributed by atoms with E-state index in [1.807, 2.05) is 11.9 Å². The monoisotopic (exact) mass is 297 g/mol. The highest BCUT2D eigenvalue weighted by Crippen LogP contribution is 2.20. The third-order valence-corrected chi connectivity index (χ3v) is 4.72. The molecule has 1 N–H and O–H groups in total. The maximum Gasteiger partial charge on any atom is 0.308 e. The summed E-state index contributed by atoms with van der Waals surface area (Å²) in [4.78, 5) is 30.4. The van der Waals surface area contributed by atoms with E-state index in [0.717, 1.165) is 39.0 Å². The predicted molar refractivity (Wildman–Crippen MR) is 80.1 cm³/mol. The van der Waals surface area contributed by atoms with Crippen molar-refractivity contribution in [2.24, 2.45) is 5.92 Å². The van der Waals surface area contributed by atoms with Crippen LogP contribution in [0.15, 0.2) is 0 Å². The first-order valence-corrected chi connectivity index (χ1v) is 7.95. The molecule has 1 amide bonds. The van der Waals surface area contributed by atoms with Crippen LogP contribution in [-0.4, -0.2) is 84.0 Å². The van der Waals surface area contributed by atoms with Crippen molar-refractivity contribution in [3.63, 3.8) is 0 Å². The lowest BCUT2D eigenvalue weighted by atomic mass is 9.96. The molecule has 0 bridgehead atoms. The van der Waals surface area contributed by atoms with Gasteiger partial charge in [-0.25, -0.2) is 0 Å². The molecule has 0 aromatic heterocycles. The quantitative estimate of drug-likeness (QED) is 0.810. The topological polar surface area (TPSA) is 64.1 Å². The number of rotatable bonds is 4. The summed E-state index contributed by atoms with van der Waals surface area (Å²) in [5, 5.41) is 9.37. The average molecular weight is 297 g/mol. The normalized spacial score (nSPS) is 24.6. The van der Waals surface area contributed by atoms with E-state index in [1.165, 1.54) is 6.42 Å². The van der Waals surface area contributed by atoms with Crippen molar-refractivity contribution < 1.29 is 14.7 Å². The summed E-state index contributed by atoms with van der Waals surface area (Å²) >= 11 is 0. The first kappa shape index (κ1) is 16.2. The van der Waals surface area contributed by atoms with Crippen LogP contribution >= 0.6 is 0 Å². The van der Waals surface area contributed by atoms with E-state index in [9.17, 15) is 14.7 Å². The van der Waals surface area contributed by atoms with Gasteiger partial charge in [0.15, 0.2) is 0 Å². The zero-order valence-corrected chi connectivity index (χ0v) is 13.1. The van der Waals surface area contributed by atoms with Crippen LogP contribution < -0.4 is 0 Å². The second kappa shape index (κ2) is 7.22. The first-order chi connectivity index (χ1) is 10.0. The van der Waals surface area contributed by atoms with Gasteiger partial charge in [0.05, 0.1) is 5.92 Å². The van der Waals surface area contributed by atoms with Gasteiger partial charge in [0.25, 0.3) is 0 Å². The van der Waals surface area contributed by atoms with Crippen LogP contribution in [0.25, 0.3) is 0 Å². The molecule has 0 aromatic rings. The van der Waals surface area contributed by atoms with E-state index >= 15 is 0 Å². The van der Waals surface area contributed by atoms with E-state index in [1.54, 1.807) is 6.92 Å². The van der Waals surface area contributed by atoms with Gasteiger partial charge in [-0.2, -0.15) is 0 Å². The van der Waals surface area contributed by atoms with Crippen LogP contribution in [0.2, 0.25) is 0 Å². The van der Waals surface area contributed by atoms with Gasteiger partial charge in [-0.1, -0.05) is 6.42 Å². The molecule has 2 aliphatic heterocycles. The van der Waals surface area contributed by atoms with E-state index in [-0.39, 0.29) is 5.91 Å². The number of carboxylic acids is 1. The molecule has 0 radical (unpaired) electrons. The van der Waals surface area contributed by atoms with Crippen LogP contribution in [0.3, 0.4) is 0 Å². The van der Waals surface area contributed by atoms with Crippen molar-refractivity contribution in [1.29, 1.82) is 0 Å². The zero-order chi connectivity index (χ0) is 15.4. The molecule has 2 saturated heterocycles. The van der Waals surface area contributed by atoms with Gasteiger partial charge in [0.1, 0.15) is 6.04 Å². The molecular formula is C15H27N3O3. The summed E-state index contributed by atoms with van der Waals surface area (Å²) in [6, 6.07) is -0.508. The highest BCUT2D eigenvalue weighted by molar-refractivity contribution is 5.87. The lowest BCUT2D eigenvalue weighted by Gasteiger charge is -2.40. The van der Waals surface area contributed by atoms with Gasteiger partial charge >= 0.3 is 5.97 Å². The molecule has 0 aromatic carbocycles. The lowest BCUT2D eigenvalue weighted by Crippen LogP contribution is -2.58. The number of carbonyl (C=O) groups is 2. The Morgan fingerprint density at radius 2 is 1.52 bits per heavy atom. The number of piperidine rings is 1. The zero-order valence-electron chi connectivity index (χ0n) is 13.1. The van der Waals surface area contributed by atoms with Crippen LogP contribution in [0.5, 0.6) is 0 Å². The number of piperazine rings is 1. The van der Waals surface area contributed by atoms with Gasteiger partial charge in [0, 0.05) is 26.2 Å². The molecule has 2 atom stereocenters. The summed E-state index contributed by atoms with van der Waals surface area (Å²) in [5.74, 6) is -1.54. The Morgan fingerprint density at radius 3 is 2.05 bits per heavy atom. The van der Waals surface area contributed by atoms with Crippen molar-refractivity contribution in [2.75, 3.05) is 46.3 Å². The fraction of sp³-hybridized carbons (Fsp3) is 0.867. The summed E-state index contributed by atoms with van der Waals surface area (Å²) in [6.07, 6.45) is 3.28. The number of likely N-dealkylation sites (tertiary alicyclic amines) is 1. The van der Waals surface area contributed by atoms with Gasteiger partial charge in [-0.05, 0) is 39.9 Å². The molecule has 6 heteroatoms. The van der Waals surface area contributed by atoms with Gasteiger partial charge in [-0.15, -0.1) is 0 Å². The molecule has 6 nitrogen and oxygen atoms in total. The molecule has 2 fully saturated rings. The Hall–Kier alpha value is -1.14. The standard InChI is InChI=1S/C15H27N3O3/c1-12(15(20)21)13(17-6-4-3-5-7-17)14(19)18-10-8-16(2)9-11-18/h12-13H,3-11H2,1-2H3,(H,20,21). The highest BCUT2D eigenvalue weighted by atomic mass is 16.4. The van der Waals surface area contributed by atoms with Crippen molar-refractivity contribution in [2.45, 2.75) is 32.2 Å². The molecule has 2 rings (SSSR count). The molecule has 0 aliphatic carbocycles. The van der Waals surface area contributed by atoms with Crippen LogP contribution in [-0.2, 0) is 9.59 Å². The number of hydrogen-bond donors (Lipinski definition) is 1. The molecule has 21 heavy (non-hydrogen) atoms. The summed E-state index contributed by atoms with van der Waals surface area (Å²) in [7, 11) is 2.05. The Bertz CT molecular complexity index is 374. The van der Waals surface area contributed by atoms with Gasteiger partial charge in [0.2, 0.25) is 5.91 Å². The second-order valence-electron chi connectivity index (χ2n) is 6.30. The average Bonchev–Trinajstić information content (AvgIpc) is 2.49. The Balaban J connectivity index is 2.09. The second-order valence-corrected chi connectivity index (χ2v) is 6.30. The molecule has 0 saturated carbocycles. The minimum Gasteiger partial charge on any atom is -0.481 e. The van der Waals surface area contributed by atoms with E-state index < -0.39 is 17.9 Å². The summed E-state index contributed by atoms with van der Waals surface area (Å²) in [6.45, 7) is 6.46. The van der Waals surface area contributed by atoms with E-state index in [0.29, 0.717) is 13.1 Å². The smallest absolute Gasteiger partial charge is 0.308 e. The minimum absolute atomic E-state index is 0.0000926. The SMILES string of the molecule is CC(C(=O)O)C(C(=O)N1CCN(C)CC1)N1CCCCC1. The number of carboxylic acid groups (broad SMARTS) is 1. The van der Waals surface area contributed by atoms with Gasteiger partial charge < -0.3 is 14.9 Å². The molecular weight excluding hydrogens is 270 g/mol. The van der Waals surface area contributed by atoms with Crippen LogP contribution in [0.4, 0.5) is 0 Å².